The number of nitrogens with two attached hydrogens (primary N) is 1. The van der Waals surface area contributed by atoms with Crippen molar-refractivity contribution >= 4 is 11.6 Å². The molecule has 6 heteroatoms. The number of methoxy groups -OCH3 is 1. The first kappa shape index (κ1) is 15.8. The van der Waals surface area contributed by atoms with Crippen LogP contribution in [0.15, 0.2) is 67.0 Å². The van der Waals surface area contributed by atoms with Gasteiger partial charge < -0.3 is 10.5 Å². The van der Waals surface area contributed by atoms with E-state index in [4.69, 9.17) is 10.5 Å². The maximum Gasteiger partial charge on any atom is 0.267 e. The maximum absolute atomic E-state index is 11.6. The summed E-state index contributed by atoms with van der Waals surface area (Å²) in [6.45, 7) is 0. The summed E-state index contributed by atoms with van der Waals surface area (Å²) >= 11 is 0. The molecule has 0 saturated carbocycles. The lowest BCUT2D eigenvalue weighted by Gasteiger charge is -2.11. The Bertz CT molecular complexity index is 1120. The number of fused-ring (bicyclic) bond motifs is 1. The molecule has 3 aromatic heterocycles. The quantitative estimate of drug-likeness (QED) is 0.616. The Morgan fingerprint density at radius 3 is 2.62 bits per heavy atom. The van der Waals surface area contributed by atoms with E-state index in [1.54, 1.807) is 11.5 Å². The van der Waals surface area contributed by atoms with Crippen LogP contribution in [0.2, 0.25) is 0 Å². The lowest BCUT2D eigenvalue weighted by atomic mass is 9.98. The highest BCUT2D eigenvalue weighted by Gasteiger charge is 2.12. The Balaban J connectivity index is 1.90. The highest BCUT2D eigenvalue weighted by Crippen LogP contribution is 2.32. The van der Waals surface area contributed by atoms with E-state index < -0.39 is 5.91 Å². The molecule has 4 rings (SSSR count). The van der Waals surface area contributed by atoms with E-state index in [0.29, 0.717) is 17.2 Å². The Morgan fingerprint density at radius 2 is 1.85 bits per heavy atom. The number of rotatable bonds is 4. The van der Waals surface area contributed by atoms with Gasteiger partial charge in [0.2, 0.25) is 5.88 Å². The van der Waals surface area contributed by atoms with Gasteiger partial charge in [0.15, 0.2) is 0 Å². The zero-order valence-corrected chi connectivity index (χ0v) is 14.1. The van der Waals surface area contributed by atoms with E-state index in [2.05, 4.69) is 9.97 Å². The number of ether oxygens (including phenoxy) is 1. The zero-order chi connectivity index (χ0) is 18.1. The summed E-state index contributed by atoms with van der Waals surface area (Å²) in [6.07, 6.45) is 3.35. The van der Waals surface area contributed by atoms with Crippen LogP contribution in [0.4, 0.5) is 0 Å². The molecule has 3 heterocycles. The number of hydrogen-bond acceptors (Lipinski definition) is 4. The number of benzene rings is 1. The van der Waals surface area contributed by atoms with E-state index >= 15 is 0 Å². The van der Waals surface area contributed by atoms with E-state index in [9.17, 15) is 4.79 Å². The van der Waals surface area contributed by atoms with Crippen LogP contribution in [0.5, 0.6) is 5.88 Å². The van der Waals surface area contributed by atoms with Crippen molar-refractivity contribution in [2.75, 3.05) is 7.11 Å². The predicted molar refractivity (Wildman–Crippen MR) is 98.9 cm³/mol. The second-order valence-electron chi connectivity index (χ2n) is 5.76. The van der Waals surface area contributed by atoms with Gasteiger partial charge in [-0.2, -0.15) is 0 Å². The van der Waals surface area contributed by atoms with Crippen LogP contribution in [0.1, 0.15) is 10.5 Å². The zero-order valence-electron chi connectivity index (χ0n) is 14.1. The molecular weight excluding hydrogens is 328 g/mol. The fourth-order valence-electron chi connectivity index (χ4n) is 2.96. The molecule has 0 fully saturated rings. The van der Waals surface area contributed by atoms with Crippen molar-refractivity contribution in [2.45, 2.75) is 0 Å². The van der Waals surface area contributed by atoms with E-state index in [1.807, 2.05) is 60.8 Å². The van der Waals surface area contributed by atoms with Crippen molar-refractivity contribution in [3.63, 3.8) is 0 Å². The molecule has 1 aromatic carbocycles. The van der Waals surface area contributed by atoms with Gasteiger partial charge >= 0.3 is 0 Å². The fourth-order valence-corrected chi connectivity index (χ4v) is 2.96. The maximum atomic E-state index is 11.6. The molecule has 0 bridgehead atoms. The van der Waals surface area contributed by atoms with Gasteiger partial charge in [-0.1, -0.05) is 30.3 Å². The molecule has 0 aliphatic heterocycles. The van der Waals surface area contributed by atoms with Crippen LogP contribution in [0.3, 0.4) is 0 Å². The number of imidazole rings is 1. The van der Waals surface area contributed by atoms with Gasteiger partial charge in [0, 0.05) is 17.8 Å². The van der Waals surface area contributed by atoms with Gasteiger partial charge in [0.05, 0.1) is 19.0 Å². The number of primary amides is 1. The molecule has 128 valence electrons. The number of carbonyl (C=O) groups excluding carboxylic acids is 1. The standard InChI is InChI=1S/C20H16N4O2/c1-26-19-8-4-7-16(23-19)15-6-3-2-5-14(15)13-9-10-18-22-11-17(20(21)25)24(18)12-13/h2-12H,1H3,(H2,21,25). The van der Waals surface area contributed by atoms with Crippen LogP contribution >= 0.6 is 0 Å². The van der Waals surface area contributed by atoms with E-state index in [1.165, 1.54) is 6.20 Å². The minimum atomic E-state index is -0.516. The Kier molecular flexibility index (Phi) is 3.85. The monoisotopic (exact) mass is 344 g/mol. The SMILES string of the molecule is COc1cccc(-c2ccccc2-c2ccc3ncc(C(N)=O)n3c2)n1. The average Bonchev–Trinajstić information content (AvgIpc) is 3.11. The number of hydrogen-bond donors (Lipinski definition) is 1. The van der Waals surface area contributed by atoms with Crippen LogP contribution < -0.4 is 10.5 Å². The number of amides is 1. The number of carbonyl (C=O) groups is 1. The normalized spacial score (nSPS) is 10.8. The predicted octanol–water partition coefficient (Wildman–Crippen LogP) is 3.17. The number of pyridine rings is 2. The molecule has 2 N–H and O–H groups in total. The topological polar surface area (TPSA) is 82.5 Å². The van der Waals surface area contributed by atoms with Crippen LogP contribution in [-0.4, -0.2) is 27.4 Å². The first-order chi connectivity index (χ1) is 12.7. The summed E-state index contributed by atoms with van der Waals surface area (Å²) in [5.41, 5.74) is 10.1. The van der Waals surface area contributed by atoms with Crippen molar-refractivity contribution in [3.05, 3.63) is 72.7 Å². The molecule has 0 atom stereocenters. The summed E-state index contributed by atoms with van der Waals surface area (Å²) in [5.74, 6) is 0.0378. The van der Waals surface area contributed by atoms with Gasteiger partial charge in [-0.15, -0.1) is 0 Å². The lowest BCUT2D eigenvalue weighted by molar-refractivity contribution is 0.0995. The highest BCUT2D eigenvalue weighted by atomic mass is 16.5. The molecule has 26 heavy (non-hydrogen) atoms. The summed E-state index contributed by atoms with van der Waals surface area (Å²) in [7, 11) is 1.59. The molecule has 0 radical (unpaired) electrons. The van der Waals surface area contributed by atoms with Crippen molar-refractivity contribution in [1.29, 1.82) is 0 Å². The second-order valence-corrected chi connectivity index (χ2v) is 5.76. The van der Waals surface area contributed by atoms with Gasteiger partial charge in [-0.25, -0.2) is 9.97 Å². The van der Waals surface area contributed by atoms with E-state index in [0.717, 1.165) is 22.4 Å². The van der Waals surface area contributed by atoms with Gasteiger partial charge in [-0.3, -0.25) is 9.20 Å². The third-order valence-electron chi connectivity index (χ3n) is 4.20. The first-order valence-corrected chi connectivity index (χ1v) is 8.05. The van der Waals surface area contributed by atoms with Gasteiger partial charge in [0.25, 0.3) is 5.91 Å². The summed E-state index contributed by atoms with van der Waals surface area (Å²) in [5, 5.41) is 0. The number of aromatic nitrogens is 3. The Labute approximate surface area is 149 Å². The molecule has 0 unspecified atom stereocenters. The third-order valence-corrected chi connectivity index (χ3v) is 4.20. The Morgan fingerprint density at radius 1 is 1.04 bits per heavy atom. The third kappa shape index (κ3) is 2.67. The molecule has 0 spiro atoms. The van der Waals surface area contributed by atoms with Crippen molar-refractivity contribution in [2.24, 2.45) is 5.73 Å². The van der Waals surface area contributed by atoms with E-state index in [-0.39, 0.29) is 0 Å². The molecule has 0 aliphatic carbocycles. The van der Waals surface area contributed by atoms with Crippen LogP contribution in [0.25, 0.3) is 28.0 Å². The van der Waals surface area contributed by atoms with Crippen molar-refractivity contribution < 1.29 is 9.53 Å². The van der Waals surface area contributed by atoms with Crippen LogP contribution in [-0.2, 0) is 0 Å². The number of nitrogens with zero attached hydrogens (tertiary/aromatic N) is 3. The van der Waals surface area contributed by atoms with Gasteiger partial charge in [-0.05, 0) is 29.3 Å². The van der Waals surface area contributed by atoms with Crippen molar-refractivity contribution in [1.82, 2.24) is 14.4 Å². The summed E-state index contributed by atoms with van der Waals surface area (Å²) < 4.78 is 6.94. The largest absolute Gasteiger partial charge is 0.481 e. The summed E-state index contributed by atoms with van der Waals surface area (Å²) in [6, 6.07) is 17.4. The molecule has 0 aliphatic rings. The van der Waals surface area contributed by atoms with Crippen LogP contribution in [0, 0.1) is 0 Å². The highest BCUT2D eigenvalue weighted by molar-refractivity contribution is 5.92. The molecular formula is C20H16N4O2. The van der Waals surface area contributed by atoms with Gasteiger partial charge in [0.1, 0.15) is 11.3 Å². The second kappa shape index (κ2) is 6.33. The average molecular weight is 344 g/mol. The molecule has 6 nitrogen and oxygen atoms in total. The molecule has 0 saturated heterocycles. The minimum absolute atomic E-state index is 0.346. The minimum Gasteiger partial charge on any atom is -0.481 e. The first-order valence-electron chi connectivity index (χ1n) is 8.05. The molecule has 1 amide bonds. The fraction of sp³-hybridized carbons (Fsp3) is 0.0500. The Hall–Kier alpha value is -3.67. The summed E-state index contributed by atoms with van der Waals surface area (Å²) in [4.78, 5) is 20.4. The van der Waals surface area contributed by atoms with Crippen molar-refractivity contribution in [3.8, 4) is 28.3 Å². The lowest BCUT2D eigenvalue weighted by Crippen LogP contribution is -2.13. The smallest absolute Gasteiger partial charge is 0.267 e. The molecule has 4 aromatic rings.